The van der Waals surface area contributed by atoms with Gasteiger partial charge in [0.1, 0.15) is 0 Å². The lowest BCUT2D eigenvalue weighted by atomic mass is 10.0. The van der Waals surface area contributed by atoms with Crippen LogP contribution in [0, 0.1) is 0 Å². The van der Waals surface area contributed by atoms with Gasteiger partial charge in [-0.05, 0) is 5.56 Å². The number of alkyl halides is 5. The van der Waals surface area contributed by atoms with Crippen molar-refractivity contribution in [2.45, 2.75) is 25.8 Å². The normalized spacial score (nSPS) is 12.2. The van der Waals surface area contributed by atoms with Crippen LogP contribution in [-0.2, 0) is 19.3 Å². The van der Waals surface area contributed by atoms with E-state index in [4.69, 9.17) is 10.8 Å². The zero-order valence-electron chi connectivity index (χ0n) is 8.43. The Morgan fingerprint density at radius 3 is 2.29 bits per heavy atom. The Balaban J connectivity index is 3.54. The van der Waals surface area contributed by atoms with E-state index in [2.05, 4.69) is 4.98 Å². The number of hydrogen-bond acceptors (Lipinski definition) is 3. The van der Waals surface area contributed by atoms with Crippen LogP contribution in [0.3, 0.4) is 0 Å². The van der Waals surface area contributed by atoms with E-state index in [1.807, 2.05) is 0 Å². The maximum Gasteiger partial charge on any atom is 0.418 e. The van der Waals surface area contributed by atoms with Crippen molar-refractivity contribution in [2.75, 3.05) is 0 Å². The van der Waals surface area contributed by atoms with E-state index in [-0.39, 0.29) is 11.9 Å². The molecule has 0 fully saturated rings. The number of nitrogens with two attached hydrogens (primary N) is 1. The summed E-state index contributed by atoms with van der Waals surface area (Å²) in [5, 5.41) is 8.81. The van der Waals surface area contributed by atoms with Crippen molar-refractivity contribution in [1.29, 1.82) is 0 Å². The van der Waals surface area contributed by atoms with Gasteiger partial charge in [-0.2, -0.15) is 13.2 Å². The van der Waals surface area contributed by atoms with Crippen LogP contribution in [0.4, 0.5) is 22.0 Å². The summed E-state index contributed by atoms with van der Waals surface area (Å²) in [5.41, 5.74) is 1.66. The molecule has 0 aromatic carbocycles. The van der Waals surface area contributed by atoms with Gasteiger partial charge in [-0.3, -0.25) is 4.98 Å². The SMILES string of the molecule is NCc1c(CO)ncc(C(F)(F)F)c1C(F)F. The molecular formula is C9H9F5N2O. The topological polar surface area (TPSA) is 59.1 Å². The van der Waals surface area contributed by atoms with E-state index >= 15 is 0 Å². The summed E-state index contributed by atoms with van der Waals surface area (Å²) in [7, 11) is 0. The van der Waals surface area contributed by atoms with Crippen molar-refractivity contribution < 1.29 is 27.1 Å². The molecule has 0 spiro atoms. The van der Waals surface area contributed by atoms with Crippen molar-refractivity contribution >= 4 is 0 Å². The highest BCUT2D eigenvalue weighted by Crippen LogP contribution is 2.38. The van der Waals surface area contributed by atoms with Gasteiger partial charge in [0.25, 0.3) is 6.43 Å². The molecule has 0 saturated heterocycles. The third-order valence-corrected chi connectivity index (χ3v) is 2.19. The Hall–Kier alpha value is -1.28. The number of nitrogens with zero attached hydrogens (tertiary/aromatic N) is 1. The first-order valence-electron chi connectivity index (χ1n) is 4.49. The Kier molecular flexibility index (Phi) is 3.99. The summed E-state index contributed by atoms with van der Waals surface area (Å²) < 4.78 is 62.8. The zero-order valence-corrected chi connectivity index (χ0v) is 8.43. The van der Waals surface area contributed by atoms with Crippen LogP contribution in [0.1, 0.15) is 28.8 Å². The molecule has 0 aliphatic rings. The number of halogens is 5. The molecule has 1 heterocycles. The van der Waals surface area contributed by atoms with Crippen molar-refractivity contribution in [2.24, 2.45) is 5.73 Å². The number of hydrogen-bond donors (Lipinski definition) is 2. The third kappa shape index (κ3) is 2.70. The molecule has 0 radical (unpaired) electrons. The van der Waals surface area contributed by atoms with E-state index in [9.17, 15) is 22.0 Å². The van der Waals surface area contributed by atoms with Gasteiger partial charge in [0.05, 0.1) is 17.9 Å². The Morgan fingerprint density at radius 1 is 1.35 bits per heavy atom. The first kappa shape index (κ1) is 13.8. The highest BCUT2D eigenvalue weighted by atomic mass is 19.4. The van der Waals surface area contributed by atoms with Gasteiger partial charge >= 0.3 is 6.18 Å². The van der Waals surface area contributed by atoms with Crippen LogP contribution < -0.4 is 5.73 Å². The molecule has 17 heavy (non-hydrogen) atoms. The molecule has 0 amide bonds. The lowest BCUT2D eigenvalue weighted by Crippen LogP contribution is -2.17. The van der Waals surface area contributed by atoms with Gasteiger partial charge in [-0.15, -0.1) is 0 Å². The molecule has 3 nitrogen and oxygen atoms in total. The molecule has 1 aromatic rings. The first-order chi connectivity index (χ1) is 7.82. The fourth-order valence-corrected chi connectivity index (χ4v) is 1.45. The number of rotatable bonds is 3. The molecule has 0 aliphatic heterocycles. The second-order valence-electron chi connectivity index (χ2n) is 3.17. The molecule has 1 aromatic heterocycles. The van der Waals surface area contributed by atoms with Gasteiger partial charge in [0.2, 0.25) is 0 Å². The summed E-state index contributed by atoms with van der Waals surface area (Å²) in [6.07, 6.45) is -7.98. The average molecular weight is 256 g/mol. The van der Waals surface area contributed by atoms with Crippen LogP contribution >= 0.6 is 0 Å². The fourth-order valence-electron chi connectivity index (χ4n) is 1.45. The van der Waals surface area contributed by atoms with Crippen molar-refractivity contribution in [3.63, 3.8) is 0 Å². The molecule has 0 aliphatic carbocycles. The van der Waals surface area contributed by atoms with Gasteiger partial charge in [-0.1, -0.05) is 0 Å². The minimum absolute atomic E-state index is 0.268. The summed E-state index contributed by atoms with van der Waals surface area (Å²) in [6.45, 7) is -1.29. The molecule has 0 saturated carbocycles. The molecular weight excluding hydrogens is 247 g/mol. The summed E-state index contributed by atoms with van der Waals surface area (Å²) >= 11 is 0. The van der Waals surface area contributed by atoms with E-state index in [1.54, 1.807) is 0 Å². The average Bonchev–Trinajstić information content (AvgIpc) is 2.25. The van der Waals surface area contributed by atoms with Crippen LogP contribution in [0.5, 0.6) is 0 Å². The maximum absolute atomic E-state index is 12.7. The minimum Gasteiger partial charge on any atom is -0.390 e. The van der Waals surface area contributed by atoms with E-state index < -0.39 is 42.4 Å². The predicted octanol–water partition coefficient (Wildman–Crippen LogP) is 1.99. The number of pyridine rings is 1. The smallest absolute Gasteiger partial charge is 0.390 e. The lowest BCUT2D eigenvalue weighted by Gasteiger charge is -2.17. The van der Waals surface area contributed by atoms with Crippen molar-refractivity contribution in [3.8, 4) is 0 Å². The fraction of sp³-hybridized carbons (Fsp3) is 0.444. The number of aliphatic hydroxyl groups excluding tert-OH is 1. The van der Waals surface area contributed by atoms with Crippen molar-refractivity contribution in [1.82, 2.24) is 4.98 Å². The second kappa shape index (κ2) is 4.92. The van der Waals surface area contributed by atoms with Gasteiger partial charge < -0.3 is 10.8 Å². The van der Waals surface area contributed by atoms with E-state index in [0.717, 1.165) is 0 Å². The molecule has 0 bridgehead atoms. The minimum atomic E-state index is -4.93. The van der Waals surface area contributed by atoms with E-state index in [0.29, 0.717) is 0 Å². The summed E-state index contributed by atoms with van der Waals surface area (Å²) in [5.74, 6) is 0. The van der Waals surface area contributed by atoms with E-state index in [1.165, 1.54) is 0 Å². The molecule has 96 valence electrons. The molecule has 8 heteroatoms. The molecule has 1 rings (SSSR count). The van der Waals surface area contributed by atoms with Crippen LogP contribution in [0.2, 0.25) is 0 Å². The lowest BCUT2D eigenvalue weighted by molar-refractivity contribution is -0.139. The first-order valence-corrected chi connectivity index (χ1v) is 4.49. The third-order valence-electron chi connectivity index (χ3n) is 2.19. The molecule has 0 atom stereocenters. The molecule has 0 unspecified atom stereocenters. The Labute approximate surface area is 93.1 Å². The zero-order chi connectivity index (χ0) is 13.2. The Bertz CT molecular complexity index is 405. The number of aliphatic hydroxyl groups is 1. The highest BCUT2D eigenvalue weighted by Gasteiger charge is 2.38. The largest absolute Gasteiger partial charge is 0.418 e. The van der Waals surface area contributed by atoms with Gasteiger partial charge in [0.15, 0.2) is 0 Å². The summed E-state index contributed by atoms with van der Waals surface area (Å²) in [6, 6.07) is 0. The van der Waals surface area contributed by atoms with Crippen LogP contribution in [0.15, 0.2) is 6.20 Å². The standard InChI is InChI=1S/C9H9F5N2O/c10-8(11)7-4(1-15)6(3-17)16-2-5(7)9(12,13)14/h2,8,17H,1,3,15H2. The highest BCUT2D eigenvalue weighted by molar-refractivity contribution is 5.39. The predicted molar refractivity (Wildman–Crippen MR) is 48.0 cm³/mol. The van der Waals surface area contributed by atoms with Gasteiger partial charge in [-0.25, -0.2) is 8.78 Å². The summed E-state index contributed by atoms with van der Waals surface area (Å²) in [4.78, 5) is 3.29. The Morgan fingerprint density at radius 2 is 1.94 bits per heavy atom. The number of aromatic nitrogens is 1. The van der Waals surface area contributed by atoms with Gasteiger partial charge in [0, 0.05) is 18.3 Å². The monoisotopic (exact) mass is 256 g/mol. The van der Waals surface area contributed by atoms with Crippen LogP contribution in [0.25, 0.3) is 0 Å². The maximum atomic E-state index is 12.7. The molecule has 3 N–H and O–H groups in total. The second-order valence-corrected chi connectivity index (χ2v) is 3.17. The van der Waals surface area contributed by atoms with Crippen molar-refractivity contribution in [3.05, 3.63) is 28.6 Å². The quantitative estimate of drug-likeness (QED) is 0.813. The van der Waals surface area contributed by atoms with Crippen LogP contribution in [-0.4, -0.2) is 10.1 Å².